The molecule has 1 N–H and O–H groups in total. The Kier molecular flexibility index (Phi) is 5.76. The van der Waals surface area contributed by atoms with Gasteiger partial charge in [-0.3, -0.25) is 9.78 Å². The van der Waals surface area contributed by atoms with Gasteiger partial charge in [0, 0.05) is 16.6 Å². The fourth-order valence-corrected chi connectivity index (χ4v) is 3.35. The summed E-state index contributed by atoms with van der Waals surface area (Å²) < 4.78 is 0. The highest BCUT2D eigenvalue weighted by Gasteiger charge is 2.20. The average Bonchev–Trinajstić information content (AvgIpc) is 2.69. The molecule has 0 radical (unpaired) electrons. The van der Waals surface area contributed by atoms with Crippen LogP contribution in [0.1, 0.15) is 21.6 Å². The van der Waals surface area contributed by atoms with E-state index in [4.69, 9.17) is 0 Å². The highest BCUT2D eigenvalue weighted by Crippen LogP contribution is 2.33. The predicted octanol–water partition coefficient (Wildman–Crippen LogP) is 6.19. The first-order chi connectivity index (χ1) is 13.1. The van der Waals surface area contributed by atoms with Gasteiger partial charge in [-0.1, -0.05) is 66.2 Å². The van der Waals surface area contributed by atoms with Crippen molar-refractivity contribution in [1.82, 2.24) is 4.98 Å². The minimum atomic E-state index is -0.145. The smallest absolute Gasteiger partial charge is 0.258 e. The molecule has 0 aliphatic carbocycles. The SMILES string of the molecule is Cc1ccc(NC(=O)c2c(C)nc3ccccc3c2-c2ccccc2)cc1.Cl. The first kappa shape index (κ1) is 19.6. The molecule has 140 valence electrons. The van der Waals surface area contributed by atoms with Gasteiger partial charge in [0.2, 0.25) is 0 Å². The Morgan fingerprint density at radius 1 is 0.821 bits per heavy atom. The zero-order valence-corrected chi connectivity index (χ0v) is 16.6. The lowest BCUT2D eigenvalue weighted by atomic mass is 9.94. The molecule has 4 heteroatoms. The van der Waals surface area contributed by atoms with Gasteiger partial charge in [0.25, 0.3) is 5.91 Å². The van der Waals surface area contributed by atoms with Crippen molar-refractivity contribution in [3.63, 3.8) is 0 Å². The van der Waals surface area contributed by atoms with Gasteiger partial charge >= 0.3 is 0 Å². The summed E-state index contributed by atoms with van der Waals surface area (Å²) >= 11 is 0. The number of hydrogen-bond acceptors (Lipinski definition) is 2. The molecule has 0 fully saturated rings. The maximum atomic E-state index is 13.2. The topological polar surface area (TPSA) is 42.0 Å². The number of carbonyl (C=O) groups is 1. The monoisotopic (exact) mass is 388 g/mol. The van der Waals surface area contributed by atoms with Crippen LogP contribution in [0.5, 0.6) is 0 Å². The zero-order valence-electron chi connectivity index (χ0n) is 15.8. The quantitative estimate of drug-likeness (QED) is 0.454. The van der Waals surface area contributed by atoms with Crippen molar-refractivity contribution < 1.29 is 4.79 Å². The third-order valence-corrected chi connectivity index (χ3v) is 4.67. The molecule has 4 rings (SSSR count). The van der Waals surface area contributed by atoms with E-state index in [1.165, 1.54) is 0 Å². The Hall–Kier alpha value is -3.17. The summed E-state index contributed by atoms with van der Waals surface area (Å²) in [6.07, 6.45) is 0. The second kappa shape index (κ2) is 8.24. The van der Waals surface area contributed by atoms with Gasteiger partial charge in [0.1, 0.15) is 0 Å². The number of amides is 1. The maximum Gasteiger partial charge on any atom is 0.258 e. The van der Waals surface area contributed by atoms with Crippen molar-refractivity contribution in [2.24, 2.45) is 0 Å². The van der Waals surface area contributed by atoms with Crippen LogP contribution in [0.2, 0.25) is 0 Å². The Labute approximate surface area is 170 Å². The highest BCUT2D eigenvalue weighted by molar-refractivity contribution is 6.14. The molecule has 0 spiro atoms. The minimum Gasteiger partial charge on any atom is -0.322 e. The third-order valence-electron chi connectivity index (χ3n) is 4.67. The zero-order chi connectivity index (χ0) is 18.8. The third kappa shape index (κ3) is 3.75. The van der Waals surface area contributed by atoms with Gasteiger partial charge < -0.3 is 5.32 Å². The predicted molar refractivity (Wildman–Crippen MR) is 118 cm³/mol. The van der Waals surface area contributed by atoms with Crippen LogP contribution in [-0.2, 0) is 0 Å². The van der Waals surface area contributed by atoms with Crippen molar-refractivity contribution in [1.29, 1.82) is 0 Å². The molecule has 1 amide bonds. The van der Waals surface area contributed by atoms with Gasteiger partial charge in [-0.15, -0.1) is 12.4 Å². The molecule has 1 aromatic heterocycles. The number of hydrogen-bond donors (Lipinski definition) is 1. The number of nitrogens with zero attached hydrogens (tertiary/aromatic N) is 1. The lowest BCUT2D eigenvalue weighted by molar-refractivity contribution is 0.102. The maximum absolute atomic E-state index is 13.2. The van der Waals surface area contributed by atoms with Crippen LogP contribution < -0.4 is 5.32 Å². The van der Waals surface area contributed by atoms with Crippen molar-refractivity contribution in [3.8, 4) is 11.1 Å². The number of para-hydroxylation sites is 1. The Morgan fingerprint density at radius 2 is 1.46 bits per heavy atom. The number of fused-ring (bicyclic) bond motifs is 1. The molecule has 1 heterocycles. The largest absolute Gasteiger partial charge is 0.322 e. The fourth-order valence-electron chi connectivity index (χ4n) is 3.35. The highest BCUT2D eigenvalue weighted by atomic mass is 35.5. The van der Waals surface area contributed by atoms with Gasteiger partial charge in [0.05, 0.1) is 16.8 Å². The molecule has 3 nitrogen and oxygen atoms in total. The summed E-state index contributed by atoms with van der Waals surface area (Å²) in [7, 11) is 0. The summed E-state index contributed by atoms with van der Waals surface area (Å²) in [6, 6.07) is 25.8. The number of aryl methyl sites for hydroxylation is 2. The van der Waals surface area contributed by atoms with Crippen LogP contribution in [0.25, 0.3) is 22.0 Å². The van der Waals surface area contributed by atoms with E-state index in [0.717, 1.165) is 39.0 Å². The van der Waals surface area contributed by atoms with Crippen molar-refractivity contribution in [2.75, 3.05) is 5.32 Å². The summed E-state index contributed by atoms with van der Waals surface area (Å²) in [5.74, 6) is -0.145. The number of benzene rings is 3. The van der Waals surface area contributed by atoms with E-state index in [2.05, 4.69) is 10.3 Å². The Morgan fingerprint density at radius 3 is 2.18 bits per heavy atom. The molecular weight excluding hydrogens is 368 g/mol. The van der Waals surface area contributed by atoms with E-state index >= 15 is 0 Å². The Bertz CT molecular complexity index is 1120. The molecule has 0 bridgehead atoms. The minimum absolute atomic E-state index is 0. The molecule has 3 aromatic carbocycles. The van der Waals surface area contributed by atoms with Crippen LogP contribution in [0.4, 0.5) is 5.69 Å². The molecule has 0 aliphatic heterocycles. The second-order valence-electron chi connectivity index (χ2n) is 6.65. The number of aromatic nitrogens is 1. The van der Waals surface area contributed by atoms with Gasteiger partial charge in [-0.25, -0.2) is 0 Å². The lowest BCUT2D eigenvalue weighted by Crippen LogP contribution is -2.16. The molecule has 28 heavy (non-hydrogen) atoms. The first-order valence-corrected chi connectivity index (χ1v) is 8.96. The summed E-state index contributed by atoms with van der Waals surface area (Å²) in [4.78, 5) is 17.9. The van der Waals surface area contributed by atoms with E-state index in [9.17, 15) is 4.79 Å². The average molecular weight is 389 g/mol. The van der Waals surface area contributed by atoms with E-state index in [1.807, 2.05) is 92.7 Å². The number of nitrogens with one attached hydrogen (secondary N) is 1. The molecule has 0 saturated heterocycles. The van der Waals surface area contributed by atoms with Crippen molar-refractivity contribution in [2.45, 2.75) is 13.8 Å². The second-order valence-corrected chi connectivity index (χ2v) is 6.65. The molecule has 0 aliphatic rings. The van der Waals surface area contributed by atoms with Gasteiger partial charge in [0.15, 0.2) is 0 Å². The fraction of sp³-hybridized carbons (Fsp3) is 0.0833. The summed E-state index contributed by atoms with van der Waals surface area (Å²) in [6.45, 7) is 3.92. The molecule has 4 aromatic rings. The summed E-state index contributed by atoms with van der Waals surface area (Å²) in [5, 5.41) is 4.00. The number of rotatable bonds is 3. The van der Waals surface area contributed by atoms with Crippen LogP contribution in [0.3, 0.4) is 0 Å². The molecule has 0 saturated carbocycles. The molecule has 0 unspecified atom stereocenters. The summed E-state index contributed by atoms with van der Waals surface area (Å²) in [5.41, 5.74) is 6.08. The van der Waals surface area contributed by atoms with Crippen LogP contribution in [0, 0.1) is 13.8 Å². The Balaban J connectivity index is 0.00000225. The van der Waals surface area contributed by atoms with Crippen LogP contribution in [-0.4, -0.2) is 10.9 Å². The van der Waals surface area contributed by atoms with Gasteiger partial charge in [-0.05, 0) is 37.6 Å². The normalized spacial score (nSPS) is 10.4. The van der Waals surface area contributed by atoms with Crippen LogP contribution in [0.15, 0.2) is 78.9 Å². The first-order valence-electron chi connectivity index (χ1n) is 8.96. The molecule has 0 atom stereocenters. The van der Waals surface area contributed by atoms with Crippen LogP contribution >= 0.6 is 12.4 Å². The van der Waals surface area contributed by atoms with E-state index in [-0.39, 0.29) is 18.3 Å². The van der Waals surface area contributed by atoms with E-state index in [0.29, 0.717) is 5.56 Å². The van der Waals surface area contributed by atoms with E-state index in [1.54, 1.807) is 0 Å². The van der Waals surface area contributed by atoms with Gasteiger partial charge in [-0.2, -0.15) is 0 Å². The number of carbonyl (C=O) groups excluding carboxylic acids is 1. The van der Waals surface area contributed by atoms with E-state index < -0.39 is 0 Å². The number of pyridine rings is 1. The number of anilines is 1. The van der Waals surface area contributed by atoms with Crippen molar-refractivity contribution in [3.05, 3.63) is 95.7 Å². The molecular formula is C24H21ClN2O. The van der Waals surface area contributed by atoms with Crippen molar-refractivity contribution >= 4 is 34.9 Å². The number of halogens is 1. The lowest BCUT2D eigenvalue weighted by Gasteiger charge is -2.16. The standard InChI is InChI=1S/C24H20N2O.ClH/c1-16-12-14-19(15-13-16)26-24(27)22-17(2)25-21-11-7-6-10-20(21)23(22)18-8-4-3-5-9-18;/h3-15H,1-2H3,(H,26,27);1H.